The Bertz CT molecular complexity index is 825. The molecule has 0 atom stereocenters. The topological polar surface area (TPSA) is 72.1 Å². The van der Waals surface area contributed by atoms with Crippen LogP contribution in [-0.4, -0.2) is 43.1 Å². The Balaban J connectivity index is 1.35. The molecule has 0 N–H and O–H groups in total. The largest absolute Gasteiger partial charge is 0.353 e. The lowest BCUT2D eigenvalue weighted by molar-refractivity contribution is 0.500. The van der Waals surface area contributed by atoms with E-state index in [0.717, 1.165) is 37.4 Å². The van der Waals surface area contributed by atoms with Crippen LogP contribution in [0.1, 0.15) is 40.8 Å². The zero-order chi connectivity index (χ0) is 15.2. The molecule has 1 fully saturated rings. The number of fused-ring (bicyclic) bond motifs is 2. The zero-order valence-electron chi connectivity index (χ0n) is 12.7. The molecule has 5 rings (SSSR count). The van der Waals surface area contributed by atoms with Crippen molar-refractivity contribution in [3.8, 4) is 0 Å². The van der Waals surface area contributed by atoms with Gasteiger partial charge >= 0.3 is 0 Å². The minimum atomic E-state index is 0.595. The molecule has 4 heterocycles. The third kappa shape index (κ3) is 2.20. The molecule has 0 unspecified atom stereocenters. The van der Waals surface area contributed by atoms with Gasteiger partial charge in [-0.2, -0.15) is 4.52 Å². The molecular weight excluding hydrogens is 310 g/mol. The van der Waals surface area contributed by atoms with Gasteiger partial charge < -0.3 is 4.90 Å². The van der Waals surface area contributed by atoms with Gasteiger partial charge in [0.2, 0.25) is 5.65 Å². The lowest BCUT2D eigenvalue weighted by atomic mass is 9.97. The highest BCUT2D eigenvalue weighted by molar-refractivity contribution is 7.11. The first-order valence-electron chi connectivity index (χ1n) is 8.14. The predicted octanol–water partition coefficient (Wildman–Crippen LogP) is 1.85. The number of thiazole rings is 1. The van der Waals surface area contributed by atoms with Crippen molar-refractivity contribution in [1.82, 2.24) is 30.0 Å². The van der Waals surface area contributed by atoms with Crippen LogP contribution in [0.15, 0.2) is 12.4 Å². The molecule has 23 heavy (non-hydrogen) atoms. The Morgan fingerprint density at radius 3 is 2.96 bits per heavy atom. The van der Waals surface area contributed by atoms with Crippen molar-refractivity contribution in [3.63, 3.8) is 0 Å². The van der Waals surface area contributed by atoms with Gasteiger partial charge in [0.05, 0.1) is 16.9 Å². The fourth-order valence-electron chi connectivity index (χ4n) is 3.61. The van der Waals surface area contributed by atoms with E-state index in [1.54, 1.807) is 16.9 Å². The van der Waals surface area contributed by atoms with Crippen molar-refractivity contribution in [2.75, 3.05) is 18.0 Å². The van der Waals surface area contributed by atoms with Gasteiger partial charge in [0, 0.05) is 30.1 Å². The lowest BCUT2D eigenvalue weighted by Crippen LogP contribution is -2.33. The van der Waals surface area contributed by atoms with Crippen LogP contribution in [0, 0.1) is 0 Å². The smallest absolute Gasteiger partial charge is 0.221 e. The van der Waals surface area contributed by atoms with Crippen molar-refractivity contribution in [1.29, 1.82) is 0 Å². The minimum Gasteiger partial charge on any atom is -0.353 e. The van der Waals surface area contributed by atoms with E-state index in [1.165, 1.54) is 34.8 Å². The third-order valence-corrected chi connectivity index (χ3v) is 6.17. The van der Waals surface area contributed by atoms with E-state index in [1.807, 2.05) is 11.3 Å². The second-order valence-corrected chi connectivity index (χ2v) is 7.35. The van der Waals surface area contributed by atoms with Crippen LogP contribution < -0.4 is 4.90 Å². The summed E-state index contributed by atoms with van der Waals surface area (Å²) in [7, 11) is 0. The summed E-state index contributed by atoms with van der Waals surface area (Å²) in [5, 5.41) is 13.1. The predicted molar refractivity (Wildman–Crippen MR) is 86.9 cm³/mol. The summed E-state index contributed by atoms with van der Waals surface area (Å²) in [4.78, 5) is 13.2. The molecule has 0 spiro atoms. The Morgan fingerprint density at radius 1 is 1.17 bits per heavy atom. The van der Waals surface area contributed by atoms with Crippen molar-refractivity contribution in [2.24, 2.45) is 0 Å². The summed E-state index contributed by atoms with van der Waals surface area (Å²) in [5.41, 5.74) is 2.10. The van der Waals surface area contributed by atoms with E-state index in [0.29, 0.717) is 5.92 Å². The quantitative estimate of drug-likeness (QED) is 0.715. The summed E-state index contributed by atoms with van der Waals surface area (Å²) in [5.74, 6) is 1.48. The van der Waals surface area contributed by atoms with Crippen LogP contribution in [-0.2, 0) is 12.8 Å². The number of tetrazole rings is 1. The molecule has 1 saturated heterocycles. The molecule has 0 amide bonds. The average Bonchev–Trinajstić information content (AvgIpc) is 3.29. The normalized spacial score (nSPS) is 18.7. The van der Waals surface area contributed by atoms with Crippen LogP contribution in [0.2, 0.25) is 0 Å². The van der Waals surface area contributed by atoms with E-state index in [9.17, 15) is 0 Å². The van der Waals surface area contributed by atoms with Crippen molar-refractivity contribution in [3.05, 3.63) is 28.0 Å². The molecule has 0 aromatic carbocycles. The zero-order valence-corrected chi connectivity index (χ0v) is 13.5. The molecule has 7 nitrogen and oxygen atoms in total. The Morgan fingerprint density at radius 2 is 2.09 bits per heavy atom. The van der Waals surface area contributed by atoms with E-state index in [-0.39, 0.29) is 0 Å². The molecule has 1 aliphatic carbocycles. The van der Waals surface area contributed by atoms with Gasteiger partial charge in [-0.25, -0.2) is 9.97 Å². The molecule has 118 valence electrons. The van der Waals surface area contributed by atoms with E-state index in [4.69, 9.17) is 4.98 Å². The maximum atomic E-state index is 4.90. The number of nitrogens with zero attached hydrogens (tertiary/aromatic N) is 7. The molecule has 8 heteroatoms. The maximum Gasteiger partial charge on any atom is 0.221 e. The number of aromatic nitrogens is 6. The van der Waals surface area contributed by atoms with Crippen LogP contribution in [0.5, 0.6) is 0 Å². The highest BCUT2D eigenvalue weighted by Crippen LogP contribution is 2.36. The van der Waals surface area contributed by atoms with Gasteiger partial charge in [-0.15, -0.1) is 16.4 Å². The fraction of sp³-hybridized carbons (Fsp3) is 0.533. The highest BCUT2D eigenvalue weighted by atomic mass is 32.1. The van der Waals surface area contributed by atoms with E-state index in [2.05, 4.69) is 25.4 Å². The number of anilines is 1. The highest BCUT2D eigenvalue weighted by Gasteiger charge is 2.27. The second-order valence-electron chi connectivity index (χ2n) is 6.23. The van der Waals surface area contributed by atoms with Gasteiger partial charge in [0.15, 0.2) is 5.82 Å². The van der Waals surface area contributed by atoms with E-state index >= 15 is 0 Å². The Hall–Kier alpha value is -2.09. The Labute approximate surface area is 137 Å². The van der Waals surface area contributed by atoms with Crippen LogP contribution in [0.4, 0.5) is 5.82 Å². The number of hydrogen-bond acceptors (Lipinski definition) is 7. The van der Waals surface area contributed by atoms with Crippen molar-refractivity contribution >= 4 is 22.8 Å². The third-order valence-electron chi connectivity index (χ3n) is 4.85. The minimum absolute atomic E-state index is 0.595. The summed E-state index contributed by atoms with van der Waals surface area (Å²) in [6.07, 6.45) is 9.48. The SMILES string of the molecule is c1cn2nnnc2c(N2CCC(c3nc4c(s3)CCC4)CC2)n1. The molecular formula is C15H17N7S. The standard InChI is InChI=1S/C15H17N7S/c1-2-11-12(3-1)23-15(17-11)10-4-7-21(8-5-10)13-14-18-19-20-22(14)9-6-16-13/h6,9-10H,1-5,7-8H2. The van der Waals surface area contributed by atoms with Crippen LogP contribution in [0.25, 0.3) is 5.65 Å². The van der Waals surface area contributed by atoms with Crippen LogP contribution in [0.3, 0.4) is 0 Å². The lowest BCUT2D eigenvalue weighted by Gasteiger charge is -2.31. The van der Waals surface area contributed by atoms with Gasteiger partial charge in [0.25, 0.3) is 0 Å². The van der Waals surface area contributed by atoms with E-state index < -0.39 is 0 Å². The van der Waals surface area contributed by atoms with Gasteiger partial charge in [-0.05, 0) is 42.5 Å². The van der Waals surface area contributed by atoms with Crippen LogP contribution >= 0.6 is 11.3 Å². The second kappa shape index (κ2) is 5.23. The van der Waals surface area contributed by atoms with Gasteiger partial charge in [-0.1, -0.05) is 0 Å². The number of piperidine rings is 1. The first-order valence-corrected chi connectivity index (χ1v) is 8.96. The summed E-state index contributed by atoms with van der Waals surface area (Å²) < 4.78 is 1.68. The first kappa shape index (κ1) is 13.4. The molecule has 2 aliphatic rings. The first-order chi connectivity index (χ1) is 11.4. The molecule has 0 bridgehead atoms. The summed E-state index contributed by atoms with van der Waals surface area (Å²) >= 11 is 1.95. The number of aryl methyl sites for hydroxylation is 2. The van der Waals surface area contributed by atoms with Crippen molar-refractivity contribution in [2.45, 2.75) is 38.0 Å². The number of rotatable bonds is 2. The fourth-order valence-corrected chi connectivity index (χ4v) is 4.93. The van der Waals surface area contributed by atoms with Gasteiger partial charge in [-0.3, -0.25) is 0 Å². The number of hydrogen-bond donors (Lipinski definition) is 0. The molecule has 0 saturated carbocycles. The monoisotopic (exact) mass is 327 g/mol. The average molecular weight is 327 g/mol. The van der Waals surface area contributed by atoms with Crippen molar-refractivity contribution < 1.29 is 0 Å². The maximum absolute atomic E-state index is 4.90. The summed E-state index contributed by atoms with van der Waals surface area (Å²) in [6, 6.07) is 0. The molecule has 3 aromatic rings. The molecule has 1 aliphatic heterocycles. The molecule has 0 radical (unpaired) electrons. The summed E-state index contributed by atoms with van der Waals surface area (Å²) in [6.45, 7) is 1.96. The molecule has 3 aromatic heterocycles. The Kier molecular flexibility index (Phi) is 3.04. The van der Waals surface area contributed by atoms with Gasteiger partial charge in [0.1, 0.15) is 0 Å².